The normalized spacial score (nSPS) is 32.3. The second-order valence-electron chi connectivity index (χ2n) is 9.79. The third kappa shape index (κ3) is 2.94. The van der Waals surface area contributed by atoms with Crippen molar-refractivity contribution in [2.24, 2.45) is 17.8 Å². The van der Waals surface area contributed by atoms with Gasteiger partial charge in [-0.3, -0.25) is 5.09 Å². The van der Waals surface area contributed by atoms with Crippen molar-refractivity contribution in [2.75, 3.05) is 0 Å². The Morgan fingerprint density at radius 1 is 0.655 bits per heavy atom. The average Bonchev–Trinajstić information content (AvgIpc) is 3.28. The Kier molecular flexibility index (Phi) is 4.26. The summed E-state index contributed by atoms with van der Waals surface area (Å²) in [6.45, 7) is 0. The summed E-state index contributed by atoms with van der Waals surface area (Å²) in [5.74, 6) is 2.84. The third-order valence-electron chi connectivity index (χ3n) is 7.76. The standard InChI is InChI=1S/C27H30NP/c1-3-9-24(10-4-1)29(26-13-7-8-14-26,25-11-5-2-6-12-25)28-27-18-21-15-22(19-27)17-23(16-21)20-27/h1-14,21-23,28H,15-20H2. The SMILES string of the molecule is C1=CC(=P(NC23CC4CC(CC(C4)C2)C3)(c2ccccc2)c2ccccc2)C=C1. The summed E-state index contributed by atoms with van der Waals surface area (Å²) >= 11 is 0. The van der Waals surface area contributed by atoms with Crippen LogP contribution >= 0.6 is 7.04 Å². The van der Waals surface area contributed by atoms with Crippen LogP contribution in [0, 0.1) is 17.8 Å². The highest BCUT2D eigenvalue weighted by atomic mass is 31.2. The van der Waals surface area contributed by atoms with Crippen molar-refractivity contribution in [1.29, 1.82) is 0 Å². The van der Waals surface area contributed by atoms with E-state index in [0.717, 1.165) is 17.8 Å². The number of hydrogen-bond donors (Lipinski definition) is 1. The number of nitrogens with one attached hydrogen (secondary N) is 1. The zero-order chi connectivity index (χ0) is 19.3. The molecule has 0 aromatic heterocycles. The van der Waals surface area contributed by atoms with Gasteiger partial charge >= 0.3 is 0 Å². The van der Waals surface area contributed by atoms with E-state index in [1.807, 2.05) is 0 Å². The van der Waals surface area contributed by atoms with Crippen LogP contribution in [0.4, 0.5) is 0 Å². The maximum absolute atomic E-state index is 4.52. The van der Waals surface area contributed by atoms with Crippen LogP contribution < -0.4 is 15.7 Å². The van der Waals surface area contributed by atoms with Crippen LogP contribution in [-0.4, -0.2) is 10.8 Å². The van der Waals surface area contributed by atoms with Gasteiger partial charge in [0.25, 0.3) is 0 Å². The quantitative estimate of drug-likeness (QED) is 0.677. The summed E-state index contributed by atoms with van der Waals surface area (Å²) in [6, 6.07) is 22.6. The topological polar surface area (TPSA) is 12.0 Å². The van der Waals surface area contributed by atoms with Gasteiger partial charge in [0.05, 0.1) is 0 Å². The Balaban J connectivity index is 1.58. The zero-order valence-corrected chi connectivity index (χ0v) is 17.9. The van der Waals surface area contributed by atoms with E-state index >= 15 is 0 Å². The van der Waals surface area contributed by atoms with Crippen molar-refractivity contribution >= 4 is 22.9 Å². The number of hydrogen-bond acceptors (Lipinski definition) is 1. The van der Waals surface area contributed by atoms with E-state index in [4.69, 9.17) is 0 Å². The Labute approximate surface area is 175 Å². The molecule has 0 amide bonds. The Bertz CT molecular complexity index is 922. The predicted octanol–water partition coefficient (Wildman–Crippen LogP) is 5.43. The largest absolute Gasteiger partial charge is 0.284 e. The zero-order valence-electron chi connectivity index (χ0n) is 17.0. The maximum Gasteiger partial charge on any atom is 0.0230 e. The second-order valence-corrected chi connectivity index (χ2v) is 12.9. The lowest BCUT2D eigenvalue weighted by atomic mass is 9.53. The number of benzene rings is 2. The molecule has 5 aliphatic carbocycles. The van der Waals surface area contributed by atoms with Crippen molar-refractivity contribution in [3.8, 4) is 0 Å². The predicted molar refractivity (Wildman–Crippen MR) is 126 cm³/mol. The molecule has 4 saturated carbocycles. The molecule has 0 unspecified atom stereocenters. The molecule has 29 heavy (non-hydrogen) atoms. The van der Waals surface area contributed by atoms with Crippen molar-refractivity contribution in [1.82, 2.24) is 5.09 Å². The number of allylic oxidation sites excluding steroid dienone is 4. The second kappa shape index (κ2) is 6.86. The van der Waals surface area contributed by atoms with Crippen molar-refractivity contribution in [3.05, 3.63) is 85.0 Å². The molecular weight excluding hydrogens is 369 g/mol. The smallest absolute Gasteiger partial charge is 0.0230 e. The molecule has 5 aliphatic rings. The lowest BCUT2D eigenvalue weighted by Gasteiger charge is -2.59. The molecule has 2 aromatic rings. The first-order valence-corrected chi connectivity index (χ1v) is 13.1. The van der Waals surface area contributed by atoms with Gasteiger partial charge in [0, 0.05) is 12.6 Å². The van der Waals surface area contributed by atoms with E-state index in [2.05, 4.69) is 90.1 Å². The number of rotatable bonds is 4. The van der Waals surface area contributed by atoms with Crippen molar-refractivity contribution in [2.45, 2.75) is 44.1 Å². The van der Waals surface area contributed by atoms with E-state index in [1.54, 1.807) is 0 Å². The molecule has 4 bridgehead atoms. The summed E-state index contributed by atoms with van der Waals surface area (Å²) in [4.78, 5) is 0. The van der Waals surface area contributed by atoms with Gasteiger partial charge in [0.1, 0.15) is 0 Å². The fourth-order valence-corrected chi connectivity index (χ4v) is 11.3. The van der Waals surface area contributed by atoms with Crippen molar-refractivity contribution < 1.29 is 0 Å². The summed E-state index contributed by atoms with van der Waals surface area (Å²) < 4.78 is 0. The average molecular weight is 400 g/mol. The van der Waals surface area contributed by atoms with E-state index in [9.17, 15) is 0 Å². The van der Waals surface area contributed by atoms with E-state index < -0.39 is 7.04 Å². The monoisotopic (exact) mass is 399 g/mol. The van der Waals surface area contributed by atoms with Gasteiger partial charge in [-0.25, -0.2) is 0 Å². The minimum Gasteiger partial charge on any atom is -0.284 e. The van der Waals surface area contributed by atoms with Crippen LogP contribution in [0.1, 0.15) is 38.5 Å². The van der Waals surface area contributed by atoms with Gasteiger partial charge in [0.15, 0.2) is 0 Å². The minimum atomic E-state index is -1.90. The molecule has 7 rings (SSSR count). The highest BCUT2D eigenvalue weighted by Crippen LogP contribution is 2.59. The van der Waals surface area contributed by atoms with Crippen LogP contribution in [0.2, 0.25) is 0 Å². The first kappa shape index (κ1) is 18.0. The lowest BCUT2D eigenvalue weighted by molar-refractivity contribution is -0.00753. The molecule has 1 nitrogen and oxygen atoms in total. The van der Waals surface area contributed by atoms with Crippen LogP contribution in [0.3, 0.4) is 0 Å². The molecule has 4 fully saturated rings. The molecule has 2 aromatic carbocycles. The Hall–Kier alpha value is -1.82. The van der Waals surface area contributed by atoms with Crippen molar-refractivity contribution in [3.63, 3.8) is 0 Å². The van der Waals surface area contributed by atoms with Gasteiger partial charge in [-0.05, 0) is 72.2 Å². The molecule has 0 spiro atoms. The molecule has 0 heterocycles. The van der Waals surface area contributed by atoms with E-state index in [0.29, 0.717) is 5.54 Å². The highest BCUT2D eigenvalue weighted by molar-refractivity contribution is 7.88. The van der Waals surface area contributed by atoms with E-state index in [1.165, 1.54) is 54.4 Å². The summed E-state index contributed by atoms with van der Waals surface area (Å²) in [5, 5.41) is 8.93. The van der Waals surface area contributed by atoms with Crippen LogP contribution in [0.25, 0.3) is 0 Å². The summed E-state index contributed by atoms with van der Waals surface area (Å²) in [5.41, 5.74) is 0.311. The molecule has 1 N–H and O–H groups in total. The molecule has 2 heteroatoms. The minimum absolute atomic E-state index is 0.311. The Morgan fingerprint density at radius 3 is 1.55 bits per heavy atom. The molecular formula is C27H30NP. The highest BCUT2D eigenvalue weighted by Gasteiger charge is 2.52. The molecule has 148 valence electrons. The molecule has 0 atom stereocenters. The fourth-order valence-electron chi connectivity index (χ4n) is 7.13. The van der Waals surface area contributed by atoms with Gasteiger partial charge in [-0.2, -0.15) is 0 Å². The first-order valence-electron chi connectivity index (χ1n) is 11.3. The molecule has 0 radical (unpaired) electrons. The van der Waals surface area contributed by atoms with Crippen LogP contribution in [0.15, 0.2) is 85.0 Å². The van der Waals surface area contributed by atoms with Gasteiger partial charge in [-0.15, -0.1) is 0 Å². The Morgan fingerprint density at radius 2 is 1.10 bits per heavy atom. The van der Waals surface area contributed by atoms with Gasteiger partial charge < -0.3 is 0 Å². The van der Waals surface area contributed by atoms with Crippen LogP contribution in [0.5, 0.6) is 0 Å². The summed E-state index contributed by atoms with van der Waals surface area (Å²) in [6.07, 6.45) is 17.7. The van der Waals surface area contributed by atoms with Crippen LogP contribution in [-0.2, 0) is 0 Å². The lowest BCUT2D eigenvalue weighted by Crippen LogP contribution is -2.59. The summed E-state index contributed by atoms with van der Waals surface area (Å²) in [7, 11) is -1.90. The third-order valence-corrected chi connectivity index (χ3v) is 11.8. The molecule has 0 aliphatic heterocycles. The van der Waals surface area contributed by atoms with Gasteiger partial charge in [0.2, 0.25) is 0 Å². The van der Waals surface area contributed by atoms with E-state index in [-0.39, 0.29) is 0 Å². The maximum atomic E-state index is 4.52. The van der Waals surface area contributed by atoms with Gasteiger partial charge in [-0.1, -0.05) is 85.0 Å². The first-order chi connectivity index (χ1) is 14.3. The fraction of sp³-hybridized carbons (Fsp3) is 0.370. The molecule has 0 saturated heterocycles.